The van der Waals surface area contributed by atoms with Crippen molar-refractivity contribution in [2.45, 2.75) is 19.9 Å². The van der Waals surface area contributed by atoms with Gasteiger partial charge in [-0.3, -0.25) is 0 Å². The van der Waals surface area contributed by atoms with Crippen LogP contribution in [0, 0.1) is 5.92 Å². The molecule has 1 atom stereocenters. The second-order valence-corrected chi connectivity index (χ2v) is 5.06. The Kier molecular flexibility index (Phi) is 4.20. The zero-order valence-electron chi connectivity index (χ0n) is 11.5. The van der Waals surface area contributed by atoms with Crippen molar-refractivity contribution >= 4 is 22.7 Å². The summed E-state index contributed by atoms with van der Waals surface area (Å²) in [6.45, 7) is 3.83. The third-order valence-corrected chi connectivity index (χ3v) is 3.28. The Morgan fingerprint density at radius 2 is 2.05 bits per heavy atom. The van der Waals surface area contributed by atoms with E-state index >= 15 is 0 Å². The third kappa shape index (κ3) is 2.88. The molecule has 106 valence electrons. The summed E-state index contributed by atoms with van der Waals surface area (Å²) >= 11 is 0. The number of nitrogens with one attached hydrogen (secondary N) is 1. The predicted molar refractivity (Wildman–Crippen MR) is 78.0 cm³/mol. The average molecular weight is 274 g/mol. The first-order valence-electron chi connectivity index (χ1n) is 6.53. The van der Waals surface area contributed by atoms with Crippen molar-refractivity contribution in [2.24, 2.45) is 5.92 Å². The molecule has 1 aromatic carbocycles. The number of hydrogen-bond donors (Lipinski definition) is 3. The first kappa shape index (κ1) is 14.3. The van der Waals surface area contributed by atoms with Gasteiger partial charge in [0.05, 0.1) is 18.2 Å². The number of carboxylic acid groups (broad SMARTS) is 1. The molecule has 0 unspecified atom stereocenters. The molecule has 2 aromatic rings. The van der Waals surface area contributed by atoms with Gasteiger partial charge in [0.25, 0.3) is 0 Å². The molecule has 0 bridgehead atoms. The fraction of sp³-hybridized carbons (Fsp3) is 0.333. The van der Waals surface area contributed by atoms with Gasteiger partial charge in [0.1, 0.15) is 11.4 Å². The van der Waals surface area contributed by atoms with Gasteiger partial charge in [-0.15, -0.1) is 0 Å². The second-order valence-electron chi connectivity index (χ2n) is 5.06. The van der Waals surface area contributed by atoms with Gasteiger partial charge in [-0.2, -0.15) is 0 Å². The van der Waals surface area contributed by atoms with E-state index in [9.17, 15) is 15.0 Å². The smallest absolute Gasteiger partial charge is 0.339 e. The molecular weight excluding hydrogens is 256 g/mol. The highest BCUT2D eigenvalue weighted by molar-refractivity contribution is 5.98. The summed E-state index contributed by atoms with van der Waals surface area (Å²) in [6.07, 6.45) is 0. The van der Waals surface area contributed by atoms with E-state index in [1.165, 1.54) is 0 Å². The second kappa shape index (κ2) is 5.88. The number of carboxylic acids is 1. The maximum absolute atomic E-state index is 11.4. The Hall–Kier alpha value is -2.14. The maximum atomic E-state index is 11.4. The number of aliphatic hydroxyl groups excluding tert-OH is 1. The van der Waals surface area contributed by atoms with Gasteiger partial charge in [0.15, 0.2) is 0 Å². The largest absolute Gasteiger partial charge is 0.478 e. The number of carbonyl (C=O) groups is 1. The average Bonchev–Trinajstić information content (AvgIpc) is 2.43. The zero-order valence-corrected chi connectivity index (χ0v) is 11.5. The number of para-hydroxylation sites is 1. The van der Waals surface area contributed by atoms with Crippen LogP contribution < -0.4 is 5.32 Å². The molecule has 5 heteroatoms. The number of benzene rings is 1. The fourth-order valence-corrected chi connectivity index (χ4v) is 1.99. The lowest BCUT2D eigenvalue weighted by Crippen LogP contribution is -2.30. The summed E-state index contributed by atoms with van der Waals surface area (Å²) in [7, 11) is 0. The van der Waals surface area contributed by atoms with Crippen LogP contribution in [0.1, 0.15) is 24.2 Å². The summed E-state index contributed by atoms with van der Waals surface area (Å²) < 4.78 is 0. The molecule has 1 aromatic heterocycles. The highest BCUT2D eigenvalue weighted by Crippen LogP contribution is 2.22. The first-order chi connectivity index (χ1) is 9.52. The van der Waals surface area contributed by atoms with Crippen LogP contribution in [0.2, 0.25) is 0 Å². The van der Waals surface area contributed by atoms with E-state index in [2.05, 4.69) is 10.3 Å². The van der Waals surface area contributed by atoms with Crippen LogP contribution in [0.4, 0.5) is 5.82 Å². The molecule has 2 rings (SSSR count). The van der Waals surface area contributed by atoms with Crippen LogP contribution in [-0.4, -0.2) is 33.8 Å². The van der Waals surface area contributed by atoms with Crippen molar-refractivity contribution in [1.82, 2.24) is 4.98 Å². The molecule has 0 fully saturated rings. The lowest BCUT2D eigenvalue weighted by Gasteiger charge is -2.21. The maximum Gasteiger partial charge on any atom is 0.339 e. The van der Waals surface area contributed by atoms with Crippen LogP contribution in [0.15, 0.2) is 30.3 Å². The van der Waals surface area contributed by atoms with E-state index in [1.54, 1.807) is 6.07 Å². The standard InChI is InChI=1S/C15H18N2O3/c1-9(2)13(8-18)17-14-11(15(19)20)7-10-5-3-4-6-12(10)16-14/h3-7,9,13,18H,8H2,1-2H3,(H,16,17)(H,19,20)/t13-/m1/s1. The topological polar surface area (TPSA) is 82.5 Å². The number of aromatic carboxylic acids is 1. The summed E-state index contributed by atoms with van der Waals surface area (Å²) in [4.78, 5) is 15.7. The normalized spacial score (nSPS) is 12.6. The molecule has 20 heavy (non-hydrogen) atoms. The number of aromatic nitrogens is 1. The summed E-state index contributed by atoms with van der Waals surface area (Å²) in [6, 6.07) is 8.71. The lowest BCUT2D eigenvalue weighted by atomic mass is 10.0. The molecule has 0 saturated heterocycles. The van der Waals surface area contributed by atoms with Crippen molar-refractivity contribution < 1.29 is 15.0 Å². The lowest BCUT2D eigenvalue weighted by molar-refractivity contribution is 0.0697. The zero-order chi connectivity index (χ0) is 14.7. The van der Waals surface area contributed by atoms with Gasteiger partial charge in [-0.05, 0) is 18.1 Å². The van der Waals surface area contributed by atoms with E-state index in [0.29, 0.717) is 5.82 Å². The third-order valence-electron chi connectivity index (χ3n) is 3.28. The number of nitrogens with zero attached hydrogens (tertiary/aromatic N) is 1. The van der Waals surface area contributed by atoms with E-state index in [1.807, 2.05) is 38.1 Å². The minimum absolute atomic E-state index is 0.0781. The van der Waals surface area contributed by atoms with E-state index < -0.39 is 5.97 Å². The molecule has 0 amide bonds. The van der Waals surface area contributed by atoms with Crippen LogP contribution in [-0.2, 0) is 0 Å². The SMILES string of the molecule is CC(C)[C@@H](CO)Nc1nc2ccccc2cc1C(=O)O. The monoisotopic (exact) mass is 274 g/mol. The number of rotatable bonds is 5. The summed E-state index contributed by atoms with van der Waals surface area (Å²) in [5, 5.41) is 22.5. The number of pyridine rings is 1. The van der Waals surface area contributed by atoms with Crippen LogP contribution in [0.25, 0.3) is 10.9 Å². The van der Waals surface area contributed by atoms with Crippen molar-refractivity contribution in [3.8, 4) is 0 Å². The van der Waals surface area contributed by atoms with Crippen LogP contribution >= 0.6 is 0 Å². The van der Waals surface area contributed by atoms with Crippen LogP contribution in [0.5, 0.6) is 0 Å². The molecular formula is C15H18N2O3. The highest BCUT2D eigenvalue weighted by Gasteiger charge is 2.18. The Labute approximate surface area is 117 Å². The molecule has 0 spiro atoms. The summed E-state index contributed by atoms with van der Waals surface area (Å²) in [5.41, 5.74) is 0.836. The van der Waals surface area contributed by atoms with Crippen molar-refractivity contribution in [3.63, 3.8) is 0 Å². The van der Waals surface area contributed by atoms with Gasteiger partial charge in [0, 0.05) is 5.39 Å². The summed E-state index contributed by atoms with van der Waals surface area (Å²) in [5.74, 6) is -0.579. The molecule has 1 heterocycles. The van der Waals surface area contributed by atoms with Gasteiger partial charge in [-0.25, -0.2) is 9.78 Å². The Morgan fingerprint density at radius 1 is 1.35 bits per heavy atom. The van der Waals surface area contributed by atoms with Crippen LogP contribution in [0.3, 0.4) is 0 Å². The van der Waals surface area contributed by atoms with E-state index in [-0.39, 0.29) is 24.1 Å². The molecule has 5 nitrogen and oxygen atoms in total. The fourth-order valence-electron chi connectivity index (χ4n) is 1.99. The number of anilines is 1. The number of hydrogen-bond acceptors (Lipinski definition) is 4. The molecule has 0 aliphatic heterocycles. The Bertz CT molecular complexity index is 626. The van der Waals surface area contributed by atoms with Crippen molar-refractivity contribution in [2.75, 3.05) is 11.9 Å². The molecule has 0 radical (unpaired) electrons. The Morgan fingerprint density at radius 3 is 2.65 bits per heavy atom. The minimum atomic E-state index is -1.04. The van der Waals surface area contributed by atoms with Crippen molar-refractivity contribution in [1.29, 1.82) is 0 Å². The quantitative estimate of drug-likeness (QED) is 0.779. The van der Waals surface area contributed by atoms with Gasteiger partial charge in [-0.1, -0.05) is 32.0 Å². The van der Waals surface area contributed by atoms with E-state index in [4.69, 9.17) is 0 Å². The molecule has 0 aliphatic carbocycles. The number of fused-ring (bicyclic) bond motifs is 1. The molecule has 3 N–H and O–H groups in total. The van der Waals surface area contributed by atoms with Gasteiger partial charge in [0.2, 0.25) is 0 Å². The molecule has 0 aliphatic rings. The predicted octanol–water partition coefficient (Wildman–Crippen LogP) is 2.36. The van der Waals surface area contributed by atoms with Gasteiger partial charge >= 0.3 is 5.97 Å². The minimum Gasteiger partial charge on any atom is -0.478 e. The van der Waals surface area contributed by atoms with Gasteiger partial charge < -0.3 is 15.5 Å². The highest BCUT2D eigenvalue weighted by atomic mass is 16.4. The van der Waals surface area contributed by atoms with E-state index in [0.717, 1.165) is 10.9 Å². The van der Waals surface area contributed by atoms with Crippen molar-refractivity contribution in [3.05, 3.63) is 35.9 Å². The Balaban J connectivity index is 2.49. The number of aliphatic hydroxyl groups is 1. The molecule has 0 saturated carbocycles. The first-order valence-corrected chi connectivity index (χ1v) is 6.53.